The number of esters is 1. The van der Waals surface area contributed by atoms with Crippen molar-refractivity contribution in [1.29, 1.82) is 0 Å². The molecule has 19 heavy (non-hydrogen) atoms. The lowest BCUT2D eigenvalue weighted by Crippen LogP contribution is -2.52. The van der Waals surface area contributed by atoms with Crippen molar-refractivity contribution < 1.29 is 19.0 Å². The van der Waals surface area contributed by atoms with Gasteiger partial charge in [-0.25, -0.2) is 0 Å². The number of carbonyl (C=O) groups is 1. The lowest BCUT2D eigenvalue weighted by molar-refractivity contribution is -0.144. The second-order valence-corrected chi connectivity index (χ2v) is 7.67. The van der Waals surface area contributed by atoms with Gasteiger partial charge in [0.15, 0.2) is 0 Å². The minimum Gasteiger partial charge on any atom is -0.462 e. The van der Waals surface area contributed by atoms with Crippen LogP contribution in [-0.2, 0) is 19.0 Å². The Bertz CT molecular complexity index is 483. The van der Waals surface area contributed by atoms with Crippen LogP contribution in [0.3, 0.4) is 0 Å². The van der Waals surface area contributed by atoms with E-state index in [-0.39, 0.29) is 41.2 Å². The van der Waals surface area contributed by atoms with Crippen LogP contribution in [0.4, 0.5) is 0 Å². The maximum absolute atomic E-state index is 12.3. The van der Waals surface area contributed by atoms with Gasteiger partial charge in [-0.05, 0) is 12.3 Å². The fourth-order valence-electron chi connectivity index (χ4n) is 5.74. The Morgan fingerprint density at radius 3 is 2.74 bits per heavy atom. The van der Waals surface area contributed by atoms with Gasteiger partial charge >= 0.3 is 5.97 Å². The molecule has 4 nitrogen and oxygen atoms in total. The third-order valence-electron chi connectivity index (χ3n) is 6.66. The molecule has 3 saturated heterocycles. The van der Waals surface area contributed by atoms with Crippen molar-refractivity contribution in [3.05, 3.63) is 0 Å². The van der Waals surface area contributed by atoms with Crippen LogP contribution in [0.15, 0.2) is 0 Å². The highest BCUT2D eigenvalue weighted by atomic mass is 16.7. The molecule has 0 aromatic rings. The Morgan fingerprint density at radius 1 is 1.37 bits per heavy atom. The fourth-order valence-corrected chi connectivity index (χ4v) is 5.74. The van der Waals surface area contributed by atoms with Crippen molar-refractivity contribution in [3.63, 3.8) is 0 Å². The van der Waals surface area contributed by atoms with Gasteiger partial charge in [-0.3, -0.25) is 4.79 Å². The normalized spacial score (nSPS) is 64.1. The van der Waals surface area contributed by atoms with Gasteiger partial charge in [-0.2, -0.15) is 0 Å². The van der Waals surface area contributed by atoms with Crippen LogP contribution in [0.5, 0.6) is 0 Å². The number of hydrogen-bond acceptors (Lipinski definition) is 4. The lowest BCUT2D eigenvalue weighted by atomic mass is 9.55. The van der Waals surface area contributed by atoms with E-state index in [9.17, 15) is 4.79 Å². The molecular formula is C15H20O4. The van der Waals surface area contributed by atoms with Gasteiger partial charge in [0.1, 0.15) is 17.8 Å². The van der Waals surface area contributed by atoms with Crippen LogP contribution in [0.25, 0.3) is 0 Å². The van der Waals surface area contributed by atoms with E-state index < -0.39 is 0 Å². The van der Waals surface area contributed by atoms with E-state index in [1.54, 1.807) is 0 Å². The highest BCUT2D eigenvalue weighted by molar-refractivity contribution is 5.77. The summed E-state index contributed by atoms with van der Waals surface area (Å²) in [6.45, 7) is 7.53. The molecule has 5 fully saturated rings. The molecule has 0 aromatic heterocycles. The number of carbonyl (C=O) groups excluding carboxylic acids is 1. The van der Waals surface area contributed by atoms with Crippen molar-refractivity contribution >= 4 is 5.97 Å². The molecule has 1 spiro atoms. The average molecular weight is 264 g/mol. The number of hydrogen-bond donors (Lipinski definition) is 0. The Labute approximate surface area is 112 Å². The van der Waals surface area contributed by atoms with Crippen molar-refractivity contribution in [1.82, 2.24) is 0 Å². The molecular weight excluding hydrogens is 244 g/mol. The van der Waals surface area contributed by atoms with Crippen LogP contribution in [0.2, 0.25) is 0 Å². The Morgan fingerprint density at radius 2 is 2.11 bits per heavy atom. The van der Waals surface area contributed by atoms with Crippen LogP contribution >= 0.6 is 0 Å². The van der Waals surface area contributed by atoms with Gasteiger partial charge in [0.25, 0.3) is 0 Å². The van der Waals surface area contributed by atoms with Gasteiger partial charge in [0.05, 0.1) is 18.6 Å². The number of rotatable bonds is 1. The summed E-state index contributed by atoms with van der Waals surface area (Å²) in [6.07, 6.45) is 1.55. The molecule has 0 unspecified atom stereocenters. The minimum atomic E-state index is -0.0885. The summed E-state index contributed by atoms with van der Waals surface area (Å²) < 4.78 is 17.4. The highest BCUT2D eigenvalue weighted by Gasteiger charge is 2.86. The smallest absolute Gasteiger partial charge is 0.310 e. The zero-order valence-corrected chi connectivity index (χ0v) is 11.6. The van der Waals surface area contributed by atoms with Crippen molar-refractivity contribution in [2.75, 3.05) is 6.61 Å². The first kappa shape index (κ1) is 11.1. The molecule has 5 rings (SSSR count). The largest absolute Gasteiger partial charge is 0.462 e. The van der Waals surface area contributed by atoms with Gasteiger partial charge in [-0.1, -0.05) is 20.8 Å². The van der Waals surface area contributed by atoms with Crippen molar-refractivity contribution in [3.8, 4) is 0 Å². The minimum absolute atomic E-state index is 0.0179. The van der Waals surface area contributed by atoms with E-state index in [1.807, 2.05) is 0 Å². The summed E-state index contributed by atoms with van der Waals surface area (Å²) in [6, 6.07) is 0. The number of fused-ring (bicyclic) bond motifs is 8. The predicted molar refractivity (Wildman–Crippen MR) is 65.3 cm³/mol. The second-order valence-electron chi connectivity index (χ2n) is 7.67. The van der Waals surface area contributed by atoms with E-state index in [1.165, 1.54) is 0 Å². The average Bonchev–Trinajstić information content (AvgIpc) is 3.17. The molecule has 3 heterocycles. The maximum atomic E-state index is 12.3. The monoisotopic (exact) mass is 264 g/mol. The van der Waals surface area contributed by atoms with Gasteiger partial charge < -0.3 is 14.2 Å². The first-order valence-corrected chi connectivity index (χ1v) is 7.49. The molecule has 0 aromatic carbocycles. The molecule has 5 aliphatic rings. The summed E-state index contributed by atoms with van der Waals surface area (Å²) in [5.74, 6) is 1.20. The molecule has 104 valence electrons. The molecule has 0 radical (unpaired) electrons. The van der Waals surface area contributed by atoms with E-state index in [4.69, 9.17) is 14.2 Å². The van der Waals surface area contributed by atoms with E-state index in [0.29, 0.717) is 17.8 Å². The standard InChI is InChI=1S/C15H20O4/c1-6(2)8-7-4-14(3)10(9(8)13(16)18-7)11-12(19-11)15(14)5-17-15/h6-12H,4-5H2,1-3H3/t7-,8+,9-,10+,11+,12+,14+,15+/m0/s1. The van der Waals surface area contributed by atoms with Crippen LogP contribution < -0.4 is 0 Å². The molecule has 0 amide bonds. The van der Waals surface area contributed by atoms with Crippen molar-refractivity contribution in [2.24, 2.45) is 29.1 Å². The van der Waals surface area contributed by atoms with E-state index in [2.05, 4.69) is 20.8 Å². The molecule has 2 bridgehead atoms. The van der Waals surface area contributed by atoms with Crippen LogP contribution in [0, 0.1) is 29.1 Å². The topological polar surface area (TPSA) is 51.4 Å². The Hall–Kier alpha value is -0.610. The molecule has 0 N–H and O–H groups in total. The summed E-state index contributed by atoms with van der Waals surface area (Å²) >= 11 is 0. The third kappa shape index (κ3) is 0.993. The summed E-state index contributed by atoms with van der Waals surface area (Å²) in [5, 5.41) is 0. The zero-order valence-electron chi connectivity index (χ0n) is 11.6. The first-order chi connectivity index (χ1) is 8.99. The number of ether oxygens (including phenoxy) is 3. The maximum Gasteiger partial charge on any atom is 0.310 e. The molecule has 2 saturated carbocycles. The van der Waals surface area contributed by atoms with Crippen molar-refractivity contribution in [2.45, 2.75) is 51.1 Å². The molecule has 2 aliphatic carbocycles. The first-order valence-electron chi connectivity index (χ1n) is 7.49. The SMILES string of the molecule is CC(C)[C@H]1[C@@H]2C(=O)O[C@H]1C[C@]1(C)[C@H]2[C@H]2O[C@H]2[C@]12CO2. The predicted octanol–water partition coefficient (Wildman–Crippen LogP) is 1.38. The lowest BCUT2D eigenvalue weighted by Gasteiger charge is -2.46. The Balaban J connectivity index is 1.63. The molecule has 4 heteroatoms. The fraction of sp³-hybridized carbons (Fsp3) is 0.933. The molecule has 3 aliphatic heterocycles. The van der Waals surface area contributed by atoms with Gasteiger partial charge in [-0.15, -0.1) is 0 Å². The summed E-state index contributed by atoms with van der Waals surface area (Å²) in [4.78, 5) is 12.3. The molecule has 8 atom stereocenters. The summed E-state index contributed by atoms with van der Waals surface area (Å²) in [7, 11) is 0. The Kier molecular flexibility index (Phi) is 1.67. The van der Waals surface area contributed by atoms with Gasteiger partial charge in [0, 0.05) is 17.3 Å². The number of epoxide rings is 2. The zero-order chi connectivity index (χ0) is 13.2. The van der Waals surface area contributed by atoms with E-state index in [0.717, 1.165) is 13.0 Å². The second kappa shape index (κ2) is 2.86. The van der Waals surface area contributed by atoms with E-state index >= 15 is 0 Å². The van der Waals surface area contributed by atoms with Crippen LogP contribution in [0.1, 0.15) is 27.2 Å². The third-order valence-corrected chi connectivity index (χ3v) is 6.66. The van der Waals surface area contributed by atoms with Crippen LogP contribution in [-0.4, -0.2) is 36.5 Å². The quantitative estimate of drug-likeness (QED) is 0.530. The van der Waals surface area contributed by atoms with Gasteiger partial charge in [0.2, 0.25) is 0 Å². The summed E-state index contributed by atoms with van der Waals surface area (Å²) in [5.41, 5.74) is -0.0117. The highest BCUT2D eigenvalue weighted by Crippen LogP contribution is 2.74.